The summed E-state index contributed by atoms with van der Waals surface area (Å²) in [5.41, 5.74) is 0.207. The highest BCUT2D eigenvalue weighted by Gasteiger charge is 2.46. The molecule has 0 aliphatic carbocycles. The first-order valence-corrected chi connectivity index (χ1v) is 8.78. The van der Waals surface area contributed by atoms with Crippen molar-refractivity contribution in [1.29, 1.82) is 0 Å². The van der Waals surface area contributed by atoms with Gasteiger partial charge in [-0.25, -0.2) is 19.5 Å². The van der Waals surface area contributed by atoms with Crippen molar-refractivity contribution in [3.63, 3.8) is 0 Å². The number of nitrogens with zero attached hydrogens (tertiary/aromatic N) is 3. The quantitative estimate of drug-likeness (QED) is 0.467. The molecule has 4 amide bonds. The normalized spacial score (nSPS) is 19.2. The van der Waals surface area contributed by atoms with Crippen molar-refractivity contribution in [2.45, 2.75) is 39.8 Å². The number of carbonyl (C=O) groups excluding carboxylic acids is 3. The highest BCUT2D eigenvalue weighted by molar-refractivity contribution is 6.11. The molecule has 10 nitrogen and oxygen atoms in total. The van der Waals surface area contributed by atoms with E-state index in [2.05, 4.69) is 10.3 Å². The van der Waals surface area contributed by atoms with Crippen LogP contribution in [0.2, 0.25) is 0 Å². The number of hydrogen-bond acceptors (Lipinski definition) is 6. The zero-order chi connectivity index (χ0) is 21.0. The van der Waals surface area contributed by atoms with E-state index in [1.54, 1.807) is 20.8 Å². The van der Waals surface area contributed by atoms with Crippen LogP contribution < -0.4 is 5.32 Å². The molecule has 0 saturated carbocycles. The molecular weight excluding hydrogens is 368 g/mol. The molecule has 0 spiro atoms. The number of nitrogens with one attached hydrogen (secondary N) is 1. The van der Waals surface area contributed by atoms with Crippen molar-refractivity contribution in [2.75, 3.05) is 6.54 Å². The Balaban J connectivity index is 2.63. The Hall–Kier alpha value is -3.30. The largest absolute Gasteiger partial charge is 0.462 e. The van der Waals surface area contributed by atoms with E-state index in [1.807, 2.05) is 0 Å². The van der Waals surface area contributed by atoms with Crippen LogP contribution in [0.3, 0.4) is 0 Å². The number of carbonyl (C=O) groups is 3. The smallest absolute Gasteiger partial charge is 0.352 e. The third-order valence-electron chi connectivity index (χ3n) is 4.10. The van der Waals surface area contributed by atoms with Crippen LogP contribution in [0, 0.1) is 16.0 Å². The Morgan fingerprint density at radius 3 is 2.64 bits per heavy atom. The zero-order valence-electron chi connectivity index (χ0n) is 16.0. The van der Waals surface area contributed by atoms with E-state index in [1.165, 1.54) is 31.2 Å². The van der Waals surface area contributed by atoms with Gasteiger partial charge in [0.15, 0.2) is 0 Å². The fourth-order valence-corrected chi connectivity index (χ4v) is 2.99. The van der Waals surface area contributed by atoms with E-state index in [0.29, 0.717) is 0 Å². The molecule has 150 valence electrons. The summed E-state index contributed by atoms with van der Waals surface area (Å²) in [5.74, 6) is -1.75. The second-order valence-corrected chi connectivity index (χ2v) is 6.50. The van der Waals surface area contributed by atoms with Crippen molar-refractivity contribution in [3.8, 4) is 0 Å². The number of non-ortho nitro benzene ring substituents is 1. The summed E-state index contributed by atoms with van der Waals surface area (Å²) in [4.78, 5) is 53.0. The summed E-state index contributed by atoms with van der Waals surface area (Å²) in [5, 5.41) is 13.7. The number of aliphatic imine (C=N–C) groups is 1. The summed E-state index contributed by atoms with van der Waals surface area (Å²) < 4.78 is 5.29. The van der Waals surface area contributed by atoms with Crippen molar-refractivity contribution in [2.24, 2.45) is 10.9 Å². The van der Waals surface area contributed by atoms with E-state index in [9.17, 15) is 24.5 Å². The number of esters is 1. The summed E-state index contributed by atoms with van der Waals surface area (Å²) in [6.07, 6.45) is -0.429. The van der Waals surface area contributed by atoms with Gasteiger partial charge in [-0.05, 0) is 33.3 Å². The Labute approximate surface area is 161 Å². The SMILES string of the molecule is CCNC(=O)N1C(=O)N=C(C)C(C(=O)OC(C)C)C1c1cccc([N+](=O)[O-])c1. The van der Waals surface area contributed by atoms with Crippen LogP contribution >= 0.6 is 0 Å². The lowest BCUT2D eigenvalue weighted by Crippen LogP contribution is -2.53. The molecule has 1 N–H and O–H groups in total. The molecule has 1 aliphatic rings. The third kappa shape index (κ3) is 4.33. The van der Waals surface area contributed by atoms with Crippen LogP contribution in [-0.4, -0.2) is 46.2 Å². The number of nitro groups is 1. The Kier molecular flexibility index (Phi) is 6.45. The topological polar surface area (TPSA) is 131 Å². The lowest BCUT2D eigenvalue weighted by Gasteiger charge is -2.37. The number of nitro benzene ring substituents is 1. The molecule has 0 radical (unpaired) electrons. The third-order valence-corrected chi connectivity index (χ3v) is 4.10. The maximum Gasteiger partial charge on any atom is 0.352 e. The zero-order valence-corrected chi connectivity index (χ0v) is 16.0. The second kappa shape index (κ2) is 8.59. The molecule has 1 aliphatic heterocycles. The van der Waals surface area contributed by atoms with Gasteiger partial charge in [-0.15, -0.1) is 0 Å². The number of imide groups is 1. The monoisotopic (exact) mass is 390 g/mol. The van der Waals surface area contributed by atoms with Gasteiger partial charge in [0.05, 0.1) is 17.1 Å². The minimum Gasteiger partial charge on any atom is -0.462 e. The molecule has 0 aromatic heterocycles. The molecule has 0 saturated heterocycles. The summed E-state index contributed by atoms with van der Waals surface area (Å²) in [6, 6.07) is 2.75. The molecule has 1 aromatic carbocycles. The van der Waals surface area contributed by atoms with Crippen LogP contribution in [0.4, 0.5) is 15.3 Å². The summed E-state index contributed by atoms with van der Waals surface area (Å²) in [6.45, 7) is 6.75. The minimum absolute atomic E-state index is 0.174. The number of rotatable bonds is 5. The fourth-order valence-electron chi connectivity index (χ4n) is 2.99. The number of benzene rings is 1. The van der Waals surface area contributed by atoms with Crippen LogP contribution in [0.5, 0.6) is 0 Å². The fraction of sp³-hybridized carbons (Fsp3) is 0.444. The van der Waals surface area contributed by atoms with E-state index in [4.69, 9.17) is 4.74 Å². The van der Waals surface area contributed by atoms with E-state index < -0.39 is 41.0 Å². The molecule has 10 heteroatoms. The highest BCUT2D eigenvalue weighted by atomic mass is 16.6. The van der Waals surface area contributed by atoms with Gasteiger partial charge >= 0.3 is 18.0 Å². The molecule has 1 aromatic rings. The van der Waals surface area contributed by atoms with Gasteiger partial charge in [0.25, 0.3) is 5.69 Å². The molecule has 2 unspecified atom stereocenters. The lowest BCUT2D eigenvalue weighted by molar-refractivity contribution is -0.385. The van der Waals surface area contributed by atoms with E-state index in [0.717, 1.165) is 4.90 Å². The lowest BCUT2D eigenvalue weighted by atomic mass is 9.86. The number of hydrogen-bond donors (Lipinski definition) is 1. The van der Waals surface area contributed by atoms with Crippen LogP contribution in [-0.2, 0) is 9.53 Å². The van der Waals surface area contributed by atoms with Gasteiger partial charge in [-0.3, -0.25) is 14.9 Å². The first-order valence-electron chi connectivity index (χ1n) is 8.78. The molecule has 2 atom stereocenters. The maximum absolute atomic E-state index is 12.7. The molecule has 2 rings (SSSR count). The van der Waals surface area contributed by atoms with Crippen molar-refractivity contribution in [1.82, 2.24) is 10.2 Å². The van der Waals surface area contributed by atoms with Crippen LogP contribution in [0.1, 0.15) is 39.3 Å². The maximum atomic E-state index is 12.7. The number of amides is 4. The number of urea groups is 2. The van der Waals surface area contributed by atoms with Crippen molar-refractivity contribution >= 4 is 29.4 Å². The van der Waals surface area contributed by atoms with Gasteiger partial charge < -0.3 is 10.1 Å². The molecule has 1 heterocycles. The molecule has 28 heavy (non-hydrogen) atoms. The van der Waals surface area contributed by atoms with Crippen molar-refractivity contribution < 1.29 is 24.0 Å². The predicted molar refractivity (Wildman–Crippen MR) is 100.0 cm³/mol. The van der Waals surface area contributed by atoms with Crippen LogP contribution in [0.25, 0.3) is 0 Å². The van der Waals surface area contributed by atoms with E-state index >= 15 is 0 Å². The highest BCUT2D eigenvalue weighted by Crippen LogP contribution is 2.36. The van der Waals surface area contributed by atoms with Gasteiger partial charge in [0.1, 0.15) is 5.92 Å². The summed E-state index contributed by atoms with van der Waals surface area (Å²) in [7, 11) is 0. The Bertz CT molecular complexity index is 835. The second-order valence-electron chi connectivity index (χ2n) is 6.50. The van der Waals surface area contributed by atoms with E-state index in [-0.39, 0.29) is 23.5 Å². The van der Waals surface area contributed by atoms with Gasteiger partial charge in [0.2, 0.25) is 0 Å². The molecule has 0 fully saturated rings. The molecule has 0 bridgehead atoms. The van der Waals surface area contributed by atoms with Gasteiger partial charge in [-0.2, -0.15) is 0 Å². The first-order chi connectivity index (χ1) is 13.2. The minimum atomic E-state index is -1.12. The molecular formula is C18H22N4O6. The van der Waals surface area contributed by atoms with Crippen LogP contribution in [0.15, 0.2) is 29.3 Å². The predicted octanol–water partition coefficient (Wildman–Crippen LogP) is 2.83. The Morgan fingerprint density at radius 2 is 2.07 bits per heavy atom. The average molecular weight is 390 g/mol. The standard InChI is InChI=1S/C18H22N4O6/c1-5-19-17(24)21-15(12-7-6-8-13(9-12)22(26)27)14(11(4)20-18(21)25)16(23)28-10(2)3/h6-10,14-15H,5H2,1-4H3,(H,19,24). The van der Waals surface area contributed by atoms with Gasteiger partial charge in [0, 0.05) is 24.4 Å². The first kappa shape index (κ1) is 21.0. The van der Waals surface area contributed by atoms with Crippen molar-refractivity contribution in [3.05, 3.63) is 39.9 Å². The Morgan fingerprint density at radius 1 is 1.39 bits per heavy atom. The average Bonchev–Trinajstić information content (AvgIpc) is 2.60. The number of ether oxygens (including phenoxy) is 1. The summed E-state index contributed by atoms with van der Waals surface area (Å²) >= 11 is 0. The van der Waals surface area contributed by atoms with Gasteiger partial charge in [-0.1, -0.05) is 12.1 Å².